The van der Waals surface area contributed by atoms with Gasteiger partial charge in [0, 0.05) is 0 Å². The quantitative estimate of drug-likeness (QED) is 0.701. The van der Waals surface area contributed by atoms with E-state index in [-0.39, 0.29) is 5.92 Å². The van der Waals surface area contributed by atoms with Crippen molar-refractivity contribution >= 4 is 5.97 Å². The van der Waals surface area contributed by atoms with Crippen LogP contribution in [0.3, 0.4) is 0 Å². The van der Waals surface area contributed by atoms with Crippen LogP contribution in [0.25, 0.3) is 0 Å². The molecule has 14 heavy (non-hydrogen) atoms. The molecule has 0 aromatic rings. The Balaban J connectivity index is 2.40. The molecule has 0 amide bonds. The molecular formula is C12H20O2. The summed E-state index contributed by atoms with van der Waals surface area (Å²) in [7, 11) is 0. The minimum atomic E-state index is -0.670. The van der Waals surface area contributed by atoms with Gasteiger partial charge >= 0.3 is 5.97 Å². The second kappa shape index (κ2) is 5.18. The first-order valence-electron chi connectivity index (χ1n) is 5.50. The van der Waals surface area contributed by atoms with Gasteiger partial charge in [0.05, 0.1) is 5.92 Å². The summed E-state index contributed by atoms with van der Waals surface area (Å²) in [5.74, 6) is 0.222. The molecule has 0 bridgehead atoms. The number of hydrogen-bond acceptors (Lipinski definition) is 1. The molecule has 3 atom stereocenters. The molecule has 0 aromatic carbocycles. The van der Waals surface area contributed by atoms with E-state index in [1.165, 1.54) is 19.3 Å². The van der Waals surface area contributed by atoms with Crippen LogP contribution in [0.1, 0.15) is 39.5 Å². The maximum atomic E-state index is 10.7. The summed E-state index contributed by atoms with van der Waals surface area (Å²) >= 11 is 0. The van der Waals surface area contributed by atoms with E-state index in [1.54, 1.807) is 6.92 Å². The van der Waals surface area contributed by atoms with Crippen LogP contribution in [-0.4, -0.2) is 11.1 Å². The first kappa shape index (κ1) is 11.3. The van der Waals surface area contributed by atoms with Crippen LogP contribution in [0, 0.1) is 17.8 Å². The summed E-state index contributed by atoms with van der Waals surface area (Å²) in [5, 5.41) is 8.81. The minimum Gasteiger partial charge on any atom is -0.481 e. The SMILES string of the molecule is CC(CC(C)C1C=CCCC1)C(=O)O. The smallest absolute Gasteiger partial charge is 0.306 e. The van der Waals surface area contributed by atoms with Crippen LogP contribution in [0.2, 0.25) is 0 Å². The molecule has 0 fully saturated rings. The molecule has 1 N–H and O–H groups in total. The fourth-order valence-electron chi connectivity index (χ4n) is 2.15. The molecule has 1 rings (SSSR count). The van der Waals surface area contributed by atoms with E-state index in [1.807, 2.05) is 0 Å². The molecule has 80 valence electrons. The summed E-state index contributed by atoms with van der Waals surface area (Å²) in [6.07, 6.45) is 8.97. The number of allylic oxidation sites excluding steroid dienone is 2. The lowest BCUT2D eigenvalue weighted by Crippen LogP contribution is -2.19. The number of rotatable bonds is 4. The Morgan fingerprint density at radius 1 is 1.57 bits per heavy atom. The van der Waals surface area contributed by atoms with Gasteiger partial charge in [-0.25, -0.2) is 0 Å². The monoisotopic (exact) mass is 196 g/mol. The van der Waals surface area contributed by atoms with Crippen molar-refractivity contribution in [2.75, 3.05) is 0 Å². The lowest BCUT2D eigenvalue weighted by Gasteiger charge is -2.24. The topological polar surface area (TPSA) is 37.3 Å². The molecule has 0 spiro atoms. The Labute approximate surface area is 86.0 Å². The van der Waals surface area contributed by atoms with E-state index in [2.05, 4.69) is 19.1 Å². The molecule has 1 aliphatic rings. The third kappa shape index (κ3) is 3.17. The minimum absolute atomic E-state index is 0.208. The Hall–Kier alpha value is -0.790. The Bertz CT molecular complexity index is 220. The zero-order chi connectivity index (χ0) is 10.6. The highest BCUT2D eigenvalue weighted by Crippen LogP contribution is 2.28. The zero-order valence-electron chi connectivity index (χ0n) is 9.07. The standard InChI is InChI=1S/C12H20O2/c1-9(8-10(2)12(13)14)11-6-4-3-5-7-11/h4,6,9-11H,3,5,7-8H2,1-2H3,(H,13,14). The summed E-state index contributed by atoms with van der Waals surface area (Å²) in [4.78, 5) is 10.7. The predicted molar refractivity (Wildman–Crippen MR) is 57.1 cm³/mol. The van der Waals surface area contributed by atoms with E-state index >= 15 is 0 Å². The Morgan fingerprint density at radius 2 is 2.29 bits per heavy atom. The van der Waals surface area contributed by atoms with Crippen molar-refractivity contribution in [2.24, 2.45) is 17.8 Å². The van der Waals surface area contributed by atoms with Gasteiger partial charge in [0.1, 0.15) is 0 Å². The van der Waals surface area contributed by atoms with Crippen LogP contribution < -0.4 is 0 Å². The van der Waals surface area contributed by atoms with Gasteiger partial charge in [0.25, 0.3) is 0 Å². The maximum Gasteiger partial charge on any atom is 0.306 e. The van der Waals surface area contributed by atoms with Crippen molar-refractivity contribution in [3.05, 3.63) is 12.2 Å². The van der Waals surface area contributed by atoms with Crippen molar-refractivity contribution in [3.8, 4) is 0 Å². The fourth-order valence-corrected chi connectivity index (χ4v) is 2.15. The lowest BCUT2D eigenvalue weighted by atomic mass is 9.81. The Kier molecular flexibility index (Phi) is 4.18. The van der Waals surface area contributed by atoms with Gasteiger partial charge in [0.2, 0.25) is 0 Å². The molecule has 1 aliphatic carbocycles. The Morgan fingerprint density at radius 3 is 2.79 bits per heavy atom. The number of carboxylic acid groups (broad SMARTS) is 1. The van der Waals surface area contributed by atoms with E-state index in [0.717, 1.165) is 6.42 Å². The van der Waals surface area contributed by atoms with Gasteiger partial charge in [0.15, 0.2) is 0 Å². The highest BCUT2D eigenvalue weighted by atomic mass is 16.4. The van der Waals surface area contributed by atoms with Crippen molar-refractivity contribution in [1.29, 1.82) is 0 Å². The van der Waals surface area contributed by atoms with Crippen LogP contribution in [-0.2, 0) is 4.79 Å². The molecule has 0 heterocycles. The summed E-state index contributed by atoms with van der Waals surface area (Å²) < 4.78 is 0. The highest BCUT2D eigenvalue weighted by molar-refractivity contribution is 5.69. The first-order valence-corrected chi connectivity index (χ1v) is 5.50. The van der Waals surface area contributed by atoms with Gasteiger partial charge in [-0.2, -0.15) is 0 Å². The van der Waals surface area contributed by atoms with Crippen molar-refractivity contribution < 1.29 is 9.90 Å². The van der Waals surface area contributed by atoms with E-state index in [9.17, 15) is 4.79 Å². The average Bonchev–Trinajstić information content (AvgIpc) is 2.19. The van der Waals surface area contributed by atoms with E-state index in [0.29, 0.717) is 11.8 Å². The largest absolute Gasteiger partial charge is 0.481 e. The highest BCUT2D eigenvalue weighted by Gasteiger charge is 2.21. The molecule has 0 aliphatic heterocycles. The lowest BCUT2D eigenvalue weighted by molar-refractivity contribution is -0.141. The third-order valence-electron chi connectivity index (χ3n) is 3.17. The van der Waals surface area contributed by atoms with E-state index < -0.39 is 5.97 Å². The fraction of sp³-hybridized carbons (Fsp3) is 0.750. The number of carboxylic acids is 1. The number of hydrogen-bond donors (Lipinski definition) is 1. The second-order valence-electron chi connectivity index (χ2n) is 4.48. The molecule has 3 unspecified atom stereocenters. The molecule has 0 saturated heterocycles. The van der Waals surface area contributed by atoms with Crippen molar-refractivity contribution in [1.82, 2.24) is 0 Å². The predicted octanol–water partition coefficient (Wildman–Crippen LogP) is 3.09. The van der Waals surface area contributed by atoms with Crippen molar-refractivity contribution in [3.63, 3.8) is 0 Å². The molecule has 0 saturated carbocycles. The normalized spacial score (nSPS) is 25.7. The van der Waals surface area contributed by atoms with Gasteiger partial charge < -0.3 is 5.11 Å². The maximum absolute atomic E-state index is 10.7. The van der Waals surface area contributed by atoms with Crippen LogP contribution >= 0.6 is 0 Å². The number of aliphatic carboxylic acids is 1. The average molecular weight is 196 g/mol. The van der Waals surface area contributed by atoms with Crippen LogP contribution in [0.15, 0.2) is 12.2 Å². The summed E-state index contributed by atoms with van der Waals surface area (Å²) in [6.45, 7) is 3.96. The van der Waals surface area contributed by atoms with Gasteiger partial charge in [-0.15, -0.1) is 0 Å². The zero-order valence-corrected chi connectivity index (χ0v) is 9.07. The second-order valence-corrected chi connectivity index (χ2v) is 4.48. The molecule has 0 aromatic heterocycles. The van der Waals surface area contributed by atoms with Crippen molar-refractivity contribution in [2.45, 2.75) is 39.5 Å². The van der Waals surface area contributed by atoms with Gasteiger partial charge in [-0.1, -0.05) is 26.0 Å². The molecular weight excluding hydrogens is 176 g/mol. The number of carbonyl (C=O) groups is 1. The first-order chi connectivity index (χ1) is 6.61. The van der Waals surface area contributed by atoms with Gasteiger partial charge in [-0.3, -0.25) is 4.79 Å². The van der Waals surface area contributed by atoms with E-state index in [4.69, 9.17) is 5.11 Å². The molecule has 0 radical (unpaired) electrons. The third-order valence-corrected chi connectivity index (χ3v) is 3.17. The van der Waals surface area contributed by atoms with Crippen LogP contribution in [0.4, 0.5) is 0 Å². The molecule has 2 heteroatoms. The summed E-state index contributed by atoms with van der Waals surface area (Å²) in [5.41, 5.74) is 0. The molecule has 2 nitrogen and oxygen atoms in total. The van der Waals surface area contributed by atoms with Gasteiger partial charge in [-0.05, 0) is 37.5 Å². The van der Waals surface area contributed by atoms with Crippen LogP contribution in [0.5, 0.6) is 0 Å². The summed E-state index contributed by atoms with van der Waals surface area (Å²) in [6, 6.07) is 0.